The molecule has 2 saturated carbocycles. The van der Waals surface area contributed by atoms with Crippen molar-refractivity contribution < 1.29 is 4.52 Å². The highest BCUT2D eigenvalue weighted by atomic mass is 16.5. The van der Waals surface area contributed by atoms with E-state index in [-0.39, 0.29) is 5.41 Å². The lowest BCUT2D eigenvalue weighted by molar-refractivity contribution is 0.332. The number of aryl methyl sites for hydroxylation is 3. The summed E-state index contributed by atoms with van der Waals surface area (Å²) >= 11 is 0. The standard InChI is InChI=1S/C29H34N4O/c1-19-4-7-23(28-20(2)32-34-21(28)3)16-27(19)33(17-22-5-10-25(31)11-6-22)26-12-8-24(9-13-26)29(18-30)14-15-29/h4,7-9,12-13,16,22,25H,5-6,10-11,14-15,17,31H2,1-3H3/t22-,25+. The highest BCUT2D eigenvalue weighted by molar-refractivity contribution is 5.76. The molecule has 0 unspecified atom stereocenters. The second kappa shape index (κ2) is 8.92. The molecule has 2 fully saturated rings. The van der Waals surface area contributed by atoms with E-state index in [9.17, 15) is 5.26 Å². The highest BCUT2D eigenvalue weighted by Crippen LogP contribution is 2.48. The lowest BCUT2D eigenvalue weighted by Crippen LogP contribution is -2.32. The van der Waals surface area contributed by atoms with Crippen molar-refractivity contribution >= 4 is 11.4 Å². The quantitative estimate of drug-likeness (QED) is 0.461. The molecule has 176 valence electrons. The average Bonchev–Trinajstić information content (AvgIpc) is 3.58. The fourth-order valence-electron chi connectivity index (χ4n) is 5.47. The van der Waals surface area contributed by atoms with E-state index in [4.69, 9.17) is 10.3 Å². The van der Waals surface area contributed by atoms with Crippen LogP contribution in [0.5, 0.6) is 0 Å². The summed E-state index contributed by atoms with van der Waals surface area (Å²) in [4.78, 5) is 2.47. The van der Waals surface area contributed by atoms with Gasteiger partial charge in [0.05, 0.1) is 17.2 Å². The van der Waals surface area contributed by atoms with Crippen LogP contribution in [0.3, 0.4) is 0 Å². The molecular weight excluding hydrogens is 420 g/mol. The Bertz CT molecular complexity index is 1190. The number of nitriles is 1. The van der Waals surface area contributed by atoms with E-state index in [2.05, 4.69) is 65.5 Å². The molecule has 5 rings (SSSR count). The largest absolute Gasteiger partial charge is 0.361 e. The van der Waals surface area contributed by atoms with Gasteiger partial charge in [-0.3, -0.25) is 0 Å². The third kappa shape index (κ3) is 4.23. The van der Waals surface area contributed by atoms with Gasteiger partial charge < -0.3 is 15.2 Å². The smallest absolute Gasteiger partial charge is 0.141 e. The number of hydrogen-bond donors (Lipinski definition) is 1. The zero-order valence-corrected chi connectivity index (χ0v) is 20.5. The first kappa shape index (κ1) is 22.7. The predicted molar refractivity (Wildman–Crippen MR) is 136 cm³/mol. The first-order valence-corrected chi connectivity index (χ1v) is 12.5. The fraction of sp³-hybridized carbons (Fsp3) is 0.448. The van der Waals surface area contributed by atoms with Gasteiger partial charge in [-0.15, -0.1) is 0 Å². The third-order valence-electron chi connectivity index (χ3n) is 7.85. The topological polar surface area (TPSA) is 79.1 Å². The highest BCUT2D eigenvalue weighted by Gasteiger charge is 2.44. The Balaban J connectivity index is 1.53. The van der Waals surface area contributed by atoms with Crippen LogP contribution in [-0.4, -0.2) is 17.7 Å². The molecule has 5 heteroatoms. The van der Waals surface area contributed by atoms with Gasteiger partial charge in [0.1, 0.15) is 5.76 Å². The Morgan fingerprint density at radius 3 is 2.35 bits per heavy atom. The Hall–Kier alpha value is -3.10. The zero-order chi connectivity index (χ0) is 23.9. The van der Waals surface area contributed by atoms with Gasteiger partial charge in [0, 0.05) is 29.5 Å². The van der Waals surface area contributed by atoms with E-state index in [1.54, 1.807) is 0 Å². The molecule has 2 aliphatic carbocycles. The van der Waals surface area contributed by atoms with Crippen molar-refractivity contribution in [2.75, 3.05) is 11.4 Å². The fourth-order valence-corrected chi connectivity index (χ4v) is 5.47. The predicted octanol–water partition coefficient (Wildman–Crippen LogP) is 6.48. The van der Waals surface area contributed by atoms with Crippen molar-refractivity contribution in [2.45, 2.75) is 70.8 Å². The summed E-state index contributed by atoms with van der Waals surface area (Å²) < 4.78 is 5.46. The van der Waals surface area contributed by atoms with Crippen LogP contribution in [0.4, 0.5) is 11.4 Å². The summed E-state index contributed by atoms with van der Waals surface area (Å²) in [5, 5.41) is 13.8. The maximum Gasteiger partial charge on any atom is 0.141 e. The van der Waals surface area contributed by atoms with E-state index in [0.717, 1.165) is 73.2 Å². The Kier molecular flexibility index (Phi) is 5.95. The van der Waals surface area contributed by atoms with Crippen LogP contribution < -0.4 is 10.6 Å². The van der Waals surface area contributed by atoms with E-state index >= 15 is 0 Å². The van der Waals surface area contributed by atoms with Gasteiger partial charge in [-0.2, -0.15) is 5.26 Å². The van der Waals surface area contributed by atoms with Crippen molar-refractivity contribution in [3.8, 4) is 17.2 Å². The molecular formula is C29H34N4O. The average molecular weight is 455 g/mol. The molecule has 1 aromatic heterocycles. The van der Waals surface area contributed by atoms with Crippen molar-refractivity contribution in [3.63, 3.8) is 0 Å². The van der Waals surface area contributed by atoms with Gasteiger partial charge in [0.2, 0.25) is 0 Å². The maximum absolute atomic E-state index is 9.62. The Morgan fingerprint density at radius 2 is 1.76 bits per heavy atom. The van der Waals surface area contributed by atoms with Gasteiger partial charge in [-0.05, 0) is 100 Å². The summed E-state index contributed by atoms with van der Waals surface area (Å²) in [6, 6.07) is 18.2. The third-order valence-corrected chi connectivity index (χ3v) is 7.85. The normalized spacial score (nSPS) is 21.1. The molecule has 2 aliphatic rings. The zero-order valence-electron chi connectivity index (χ0n) is 20.5. The Morgan fingerprint density at radius 1 is 1.06 bits per heavy atom. The van der Waals surface area contributed by atoms with E-state index in [0.29, 0.717) is 12.0 Å². The molecule has 3 aromatic rings. The minimum Gasteiger partial charge on any atom is -0.361 e. The van der Waals surface area contributed by atoms with Gasteiger partial charge in [-0.25, -0.2) is 0 Å². The Labute approximate surface area is 202 Å². The molecule has 0 aliphatic heterocycles. The number of benzene rings is 2. The number of hydrogen-bond acceptors (Lipinski definition) is 5. The summed E-state index contributed by atoms with van der Waals surface area (Å²) in [6.07, 6.45) is 6.45. The van der Waals surface area contributed by atoms with Crippen molar-refractivity contribution in [1.29, 1.82) is 5.26 Å². The van der Waals surface area contributed by atoms with Crippen LogP contribution in [0.25, 0.3) is 11.1 Å². The van der Waals surface area contributed by atoms with Crippen LogP contribution in [0.15, 0.2) is 47.0 Å². The number of nitrogens with two attached hydrogens (primary N) is 1. The second-order valence-electron chi connectivity index (χ2n) is 10.3. The molecule has 0 saturated heterocycles. The van der Waals surface area contributed by atoms with E-state index < -0.39 is 0 Å². The molecule has 1 heterocycles. The molecule has 0 amide bonds. The minimum atomic E-state index is -0.262. The molecule has 2 N–H and O–H groups in total. The van der Waals surface area contributed by atoms with Crippen molar-refractivity contribution in [1.82, 2.24) is 5.16 Å². The number of nitrogens with zero attached hydrogens (tertiary/aromatic N) is 3. The number of anilines is 2. The summed E-state index contributed by atoms with van der Waals surface area (Å²) in [6.45, 7) is 7.11. The van der Waals surface area contributed by atoms with Gasteiger partial charge in [0.25, 0.3) is 0 Å². The summed E-state index contributed by atoms with van der Waals surface area (Å²) in [5.74, 6) is 1.45. The van der Waals surface area contributed by atoms with Crippen LogP contribution >= 0.6 is 0 Å². The summed E-state index contributed by atoms with van der Waals surface area (Å²) in [5.41, 5.74) is 13.8. The van der Waals surface area contributed by atoms with E-state index in [1.165, 1.54) is 16.9 Å². The van der Waals surface area contributed by atoms with E-state index in [1.807, 2.05) is 13.8 Å². The molecule has 0 bridgehead atoms. The van der Waals surface area contributed by atoms with Gasteiger partial charge in [0.15, 0.2) is 0 Å². The molecule has 0 radical (unpaired) electrons. The molecule has 0 spiro atoms. The maximum atomic E-state index is 9.62. The molecule has 34 heavy (non-hydrogen) atoms. The molecule has 5 nitrogen and oxygen atoms in total. The molecule has 0 atom stereocenters. The van der Waals surface area contributed by atoms with Gasteiger partial charge in [-0.1, -0.05) is 29.4 Å². The first-order chi connectivity index (χ1) is 16.4. The van der Waals surface area contributed by atoms with Crippen LogP contribution in [-0.2, 0) is 5.41 Å². The SMILES string of the molecule is Cc1ccc(-c2c(C)noc2C)cc1N(C[C@H]1CC[C@@H](N)CC1)c1ccc(C2(C#N)CC2)cc1. The lowest BCUT2D eigenvalue weighted by atomic mass is 9.85. The van der Waals surface area contributed by atoms with Crippen molar-refractivity contribution in [2.24, 2.45) is 11.7 Å². The molecule has 2 aromatic carbocycles. The number of aromatic nitrogens is 1. The monoisotopic (exact) mass is 454 g/mol. The van der Waals surface area contributed by atoms with Crippen LogP contribution in [0.1, 0.15) is 61.1 Å². The summed E-state index contributed by atoms with van der Waals surface area (Å²) in [7, 11) is 0. The second-order valence-corrected chi connectivity index (χ2v) is 10.3. The first-order valence-electron chi connectivity index (χ1n) is 12.5. The lowest BCUT2D eigenvalue weighted by Gasteiger charge is -2.34. The number of rotatable bonds is 6. The van der Waals surface area contributed by atoms with Gasteiger partial charge >= 0.3 is 0 Å². The van der Waals surface area contributed by atoms with Crippen molar-refractivity contribution in [3.05, 3.63) is 65.0 Å². The minimum absolute atomic E-state index is 0.262. The van der Waals surface area contributed by atoms with Crippen LogP contribution in [0.2, 0.25) is 0 Å². The van der Waals surface area contributed by atoms with Crippen LogP contribution in [0, 0.1) is 38.0 Å².